The molecule has 0 spiro atoms. The second-order valence-electron chi connectivity index (χ2n) is 14.3. The Morgan fingerprint density at radius 1 is 0.855 bits per heavy atom. The molecule has 4 N–H and O–H groups in total. The molecule has 55 heavy (non-hydrogen) atoms. The van der Waals surface area contributed by atoms with E-state index in [-0.39, 0.29) is 17.8 Å². The highest BCUT2D eigenvalue weighted by molar-refractivity contribution is 6.02. The van der Waals surface area contributed by atoms with Crippen molar-refractivity contribution in [3.05, 3.63) is 114 Å². The number of hydrogen-bond acceptors (Lipinski definition) is 6. The highest BCUT2D eigenvalue weighted by Gasteiger charge is 2.49. The molecule has 14 heteroatoms. The molecular formula is C41H35F2N7O5. The zero-order valence-corrected chi connectivity index (χ0v) is 29.6. The number of carbonyl (C=O) groups excluding carboxylic acids is 2. The number of anilines is 1. The van der Waals surface area contributed by atoms with Crippen LogP contribution in [0.4, 0.5) is 24.1 Å². The van der Waals surface area contributed by atoms with Crippen molar-refractivity contribution in [3.63, 3.8) is 0 Å². The van der Waals surface area contributed by atoms with E-state index in [9.17, 15) is 28.3 Å². The fourth-order valence-electron chi connectivity index (χ4n) is 8.19. The Hall–Kier alpha value is -6.57. The van der Waals surface area contributed by atoms with E-state index in [2.05, 4.69) is 26.3 Å². The minimum absolute atomic E-state index is 0.188. The number of alkyl halides is 2. The maximum atomic E-state index is 14.1. The minimum Gasteiger partial charge on any atom is -0.465 e. The van der Waals surface area contributed by atoms with Crippen LogP contribution in [0, 0.1) is 0 Å². The van der Waals surface area contributed by atoms with Gasteiger partial charge in [0.2, 0.25) is 5.91 Å². The number of benzene rings is 4. The maximum absolute atomic E-state index is 14.1. The quantitative estimate of drug-likeness (QED) is 0.137. The van der Waals surface area contributed by atoms with Gasteiger partial charge in [-0.25, -0.2) is 28.3 Å². The van der Waals surface area contributed by atoms with Crippen molar-refractivity contribution in [2.24, 2.45) is 0 Å². The molecule has 3 aliphatic rings. The molecule has 0 aliphatic carbocycles. The average Bonchev–Trinajstić information content (AvgIpc) is 3.99. The topological polar surface area (TPSA) is 157 Å². The summed E-state index contributed by atoms with van der Waals surface area (Å²) in [6.45, 7) is -0.854. The number of para-hydroxylation sites is 1. The molecule has 0 radical (unpaired) electrons. The van der Waals surface area contributed by atoms with E-state index in [1.54, 1.807) is 17.3 Å². The number of likely N-dealkylation sites (tertiary alicyclic amines) is 1. The zero-order valence-electron chi connectivity index (χ0n) is 29.6. The van der Waals surface area contributed by atoms with Crippen molar-refractivity contribution in [2.45, 2.75) is 49.7 Å². The van der Waals surface area contributed by atoms with Crippen LogP contribution in [0.5, 0.6) is 0 Å². The number of methoxy groups -OCH3 is 1. The van der Waals surface area contributed by atoms with Gasteiger partial charge in [0.15, 0.2) is 0 Å². The SMILES string of the molecule is COC(=O)N[C@H]1CCc2cccc3c2N(C1=O)[C@H](c1ncc(-c2ccc(-c4ccc5cc(-c6cnc(C7CC(F)(F)CN7C(=O)O)[nH]6)ccc5c4)cc2)[nH]1)C3. The number of alkyl carbamates (subject to hydrolysis) is 1. The number of amides is 3. The molecule has 2 aromatic heterocycles. The predicted octanol–water partition coefficient (Wildman–Crippen LogP) is 7.65. The van der Waals surface area contributed by atoms with Gasteiger partial charge in [-0.2, -0.15) is 0 Å². The van der Waals surface area contributed by atoms with Gasteiger partial charge >= 0.3 is 12.2 Å². The normalized spacial score (nSPS) is 20.1. The molecule has 3 aliphatic heterocycles. The van der Waals surface area contributed by atoms with Crippen LogP contribution in [0.2, 0.25) is 0 Å². The van der Waals surface area contributed by atoms with Crippen LogP contribution in [-0.4, -0.2) is 73.7 Å². The number of nitrogens with one attached hydrogen (secondary N) is 3. The maximum Gasteiger partial charge on any atom is 0.408 e. The van der Waals surface area contributed by atoms with Crippen molar-refractivity contribution < 1.29 is 33.0 Å². The molecule has 5 heterocycles. The fraction of sp³-hybridized carbons (Fsp3) is 0.244. The van der Waals surface area contributed by atoms with Crippen LogP contribution in [-0.2, 0) is 22.4 Å². The highest BCUT2D eigenvalue weighted by Crippen LogP contribution is 2.45. The van der Waals surface area contributed by atoms with Gasteiger partial charge in [0.1, 0.15) is 17.7 Å². The Balaban J connectivity index is 0.924. The van der Waals surface area contributed by atoms with Crippen molar-refractivity contribution in [2.75, 3.05) is 18.6 Å². The standard InChI is InChI=1S/C41H35F2N7O5/c1-55-39(52)48-30-14-13-24-3-2-4-29-17-33(50(35(24)29)38(30)51)36-44-19-31(46-36)23-7-5-22(6-8-23)25-9-10-27-16-28(12-11-26(27)15-25)32-20-45-37(47-32)34-18-41(42,43)21-49(34)40(53)54/h2-12,15-16,19-20,30,33-34H,13-14,17-18,21H2,1H3,(H,44,46)(H,45,47)(H,48,52)(H,53,54)/t30-,33-,34?/m0/s1. The number of aromatic amines is 2. The molecule has 0 saturated carbocycles. The molecule has 278 valence electrons. The van der Waals surface area contributed by atoms with Gasteiger partial charge < -0.3 is 25.1 Å². The lowest BCUT2D eigenvalue weighted by atomic mass is 9.98. The Labute approximate surface area is 313 Å². The van der Waals surface area contributed by atoms with E-state index in [4.69, 9.17) is 9.72 Å². The summed E-state index contributed by atoms with van der Waals surface area (Å²) in [6.07, 6.45) is 2.39. The fourth-order valence-corrected chi connectivity index (χ4v) is 8.19. The molecule has 9 rings (SSSR count). The number of aryl methyl sites for hydroxylation is 1. The number of carboxylic acid groups (broad SMARTS) is 1. The van der Waals surface area contributed by atoms with Crippen LogP contribution < -0.4 is 10.2 Å². The summed E-state index contributed by atoms with van der Waals surface area (Å²) in [6, 6.07) is 24.1. The second kappa shape index (κ2) is 13.1. The number of aromatic nitrogens is 4. The molecule has 1 fully saturated rings. The van der Waals surface area contributed by atoms with E-state index in [1.807, 2.05) is 72.8 Å². The van der Waals surface area contributed by atoms with Crippen molar-refractivity contribution in [1.29, 1.82) is 0 Å². The number of nitrogens with zero attached hydrogens (tertiary/aromatic N) is 4. The van der Waals surface area contributed by atoms with Gasteiger partial charge in [0.25, 0.3) is 5.92 Å². The van der Waals surface area contributed by atoms with E-state index in [1.165, 1.54) is 7.11 Å². The van der Waals surface area contributed by atoms with Gasteiger partial charge in [-0.15, -0.1) is 0 Å². The number of rotatable bonds is 6. The Kier molecular flexibility index (Phi) is 8.13. The summed E-state index contributed by atoms with van der Waals surface area (Å²) >= 11 is 0. The lowest BCUT2D eigenvalue weighted by Gasteiger charge is -2.27. The van der Waals surface area contributed by atoms with Crippen LogP contribution >= 0.6 is 0 Å². The van der Waals surface area contributed by atoms with Crippen LogP contribution in [0.3, 0.4) is 0 Å². The summed E-state index contributed by atoms with van der Waals surface area (Å²) in [4.78, 5) is 55.6. The number of hydrogen-bond donors (Lipinski definition) is 4. The third-order valence-corrected chi connectivity index (χ3v) is 10.9. The smallest absolute Gasteiger partial charge is 0.408 e. The summed E-state index contributed by atoms with van der Waals surface area (Å²) in [5.74, 6) is -2.44. The average molecular weight is 744 g/mol. The predicted molar refractivity (Wildman–Crippen MR) is 200 cm³/mol. The minimum atomic E-state index is -3.11. The number of ether oxygens (including phenoxy) is 1. The number of imidazole rings is 2. The van der Waals surface area contributed by atoms with Crippen LogP contribution in [0.15, 0.2) is 91.3 Å². The first-order valence-corrected chi connectivity index (χ1v) is 18.0. The van der Waals surface area contributed by atoms with Crippen LogP contribution in [0.25, 0.3) is 44.4 Å². The molecule has 0 bridgehead atoms. The van der Waals surface area contributed by atoms with Gasteiger partial charge in [-0.05, 0) is 63.6 Å². The van der Waals surface area contributed by atoms with Gasteiger partial charge in [0, 0.05) is 18.4 Å². The van der Waals surface area contributed by atoms with E-state index >= 15 is 0 Å². The second-order valence-corrected chi connectivity index (χ2v) is 14.3. The third kappa shape index (κ3) is 6.12. The zero-order chi connectivity index (χ0) is 38.0. The largest absolute Gasteiger partial charge is 0.465 e. The van der Waals surface area contributed by atoms with Crippen LogP contribution in [0.1, 0.15) is 47.7 Å². The first-order chi connectivity index (χ1) is 26.5. The van der Waals surface area contributed by atoms with Crippen molar-refractivity contribution >= 4 is 34.6 Å². The molecule has 1 saturated heterocycles. The molecule has 12 nitrogen and oxygen atoms in total. The monoisotopic (exact) mass is 743 g/mol. The molecule has 3 atom stereocenters. The number of halogens is 2. The Morgan fingerprint density at radius 3 is 2.18 bits per heavy atom. The molecule has 4 aromatic carbocycles. The van der Waals surface area contributed by atoms with Gasteiger partial charge in [-0.3, -0.25) is 14.6 Å². The van der Waals surface area contributed by atoms with E-state index in [0.29, 0.717) is 30.8 Å². The first-order valence-electron chi connectivity index (χ1n) is 18.0. The molecular weight excluding hydrogens is 708 g/mol. The lowest BCUT2D eigenvalue weighted by molar-refractivity contribution is -0.121. The van der Waals surface area contributed by atoms with E-state index < -0.39 is 43.2 Å². The first kappa shape index (κ1) is 34.2. The van der Waals surface area contributed by atoms with E-state index in [0.717, 1.165) is 60.4 Å². The number of fused-ring (bicyclic) bond motifs is 1. The van der Waals surface area contributed by atoms with Gasteiger partial charge in [-0.1, -0.05) is 66.7 Å². The summed E-state index contributed by atoms with van der Waals surface area (Å²) in [5, 5.41) is 14.1. The lowest BCUT2D eigenvalue weighted by Crippen LogP contribution is -2.48. The molecule has 1 unspecified atom stereocenters. The van der Waals surface area contributed by atoms with Gasteiger partial charge in [0.05, 0.1) is 55.2 Å². The third-order valence-electron chi connectivity index (χ3n) is 10.9. The highest BCUT2D eigenvalue weighted by atomic mass is 19.3. The molecule has 6 aromatic rings. The molecule has 3 amide bonds. The summed E-state index contributed by atoms with van der Waals surface area (Å²) in [7, 11) is 1.28. The Morgan fingerprint density at radius 2 is 1.47 bits per heavy atom. The summed E-state index contributed by atoms with van der Waals surface area (Å²) < 4.78 is 32.9. The van der Waals surface area contributed by atoms with Crippen molar-refractivity contribution in [1.82, 2.24) is 30.2 Å². The Bertz CT molecular complexity index is 2500. The van der Waals surface area contributed by atoms with Crippen molar-refractivity contribution in [3.8, 4) is 33.6 Å². The number of H-pyrrole nitrogens is 2. The number of carbonyl (C=O) groups is 3. The summed E-state index contributed by atoms with van der Waals surface area (Å²) in [5.41, 5.74) is 8.23.